The summed E-state index contributed by atoms with van der Waals surface area (Å²) >= 11 is 0. The van der Waals surface area contributed by atoms with Crippen molar-refractivity contribution in [3.63, 3.8) is 0 Å². The minimum Gasteiger partial charge on any atom is -0.262 e. The monoisotopic (exact) mass is 154 g/mol. The SMILES string of the molecule is CC1=CC=CC(N)([N+](=O)[O-])C1. The molecule has 0 aromatic carbocycles. The van der Waals surface area contributed by atoms with E-state index >= 15 is 0 Å². The fraction of sp³-hybridized carbons (Fsp3) is 0.429. The second-order valence-electron chi connectivity index (χ2n) is 2.80. The van der Waals surface area contributed by atoms with Gasteiger partial charge in [-0.3, -0.25) is 15.8 Å². The van der Waals surface area contributed by atoms with Crippen LogP contribution >= 0.6 is 0 Å². The Kier molecular flexibility index (Phi) is 1.78. The highest BCUT2D eigenvalue weighted by Crippen LogP contribution is 2.20. The third kappa shape index (κ3) is 1.46. The van der Waals surface area contributed by atoms with Crippen LogP contribution in [0.2, 0.25) is 0 Å². The molecule has 1 atom stereocenters. The van der Waals surface area contributed by atoms with Crippen LogP contribution in [-0.4, -0.2) is 10.6 Å². The molecule has 0 spiro atoms. The predicted molar refractivity (Wildman–Crippen MR) is 41.4 cm³/mol. The largest absolute Gasteiger partial charge is 0.295 e. The van der Waals surface area contributed by atoms with Gasteiger partial charge < -0.3 is 0 Å². The van der Waals surface area contributed by atoms with Gasteiger partial charge in [-0.1, -0.05) is 17.7 Å². The molecule has 1 aliphatic carbocycles. The summed E-state index contributed by atoms with van der Waals surface area (Å²) in [5, 5.41) is 10.4. The lowest BCUT2D eigenvalue weighted by atomic mass is 9.97. The molecule has 0 saturated carbocycles. The third-order valence-electron chi connectivity index (χ3n) is 1.67. The predicted octanol–water partition coefficient (Wildman–Crippen LogP) is 0.824. The molecule has 0 fully saturated rings. The van der Waals surface area contributed by atoms with Crippen molar-refractivity contribution < 1.29 is 4.92 Å². The van der Waals surface area contributed by atoms with Crippen molar-refractivity contribution in [2.24, 2.45) is 5.73 Å². The van der Waals surface area contributed by atoms with Crippen molar-refractivity contribution in [1.82, 2.24) is 0 Å². The van der Waals surface area contributed by atoms with Crippen molar-refractivity contribution in [2.75, 3.05) is 0 Å². The van der Waals surface area contributed by atoms with Crippen molar-refractivity contribution in [1.29, 1.82) is 0 Å². The van der Waals surface area contributed by atoms with Crippen LogP contribution in [0.1, 0.15) is 13.3 Å². The first kappa shape index (κ1) is 7.94. The highest BCUT2D eigenvalue weighted by atomic mass is 16.6. The van der Waals surface area contributed by atoms with Gasteiger partial charge in [-0.25, -0.2) is 0 Å². The molecule has 0 aromatic heterocycles. The van der Waals surface area contributed by atoms with Gasteiger partial charge in [0.25, 0.3) is 5.66 Å². The zero-order chi connectivity index (χ0) is 8.48. The van der Waals surface area contributed by atoms with Crippen molar-refractivity contribution in [3.8, 4) is 0 Å². The molecule has 60 valence electrons. The summed E-state index contributed by atoms with van der Waals surface area (Å²) in [6.07, 6.45) is 5.17. The molecule has 1 aliphatic rings. The molecule has 4 nitrogen and oxygen atoms in total. The van der Waals surface area contributed by atoms with Crippen molar-refractivity contribution in [2.45, 2.75) is 19.0 Å². The van der Waals surface area contributed by atoms with E-state index in [1.165, 1.54) is 6.08 Å². The summed E-state index contributed by atoms with van der Waals surface area (Å²) in [7, 11) is 0. The standard InChI is InChI=1S/C7H10N2O2/c1-6-3-2-4-7(8,5-6)9(10)11/h2-4H,5,8H2,1H3. The minimum absolute atomic E-state index is 0.302. The lowest BCUT2D eigenvalue weighted by Crippen LogP contribution is -2.46. The molecule has 0 heterocycles. The molecule has 0 saturated heterocycles. The second-order valence-corrected chi connectivity index (χ2v) is 2.80. The number of hydrogen-bond donors (Lipinski definition) is 1. The zero-order valence-electron chi connectivity index (χ0n) is 6.28. The van der Waals surface area contributed by atoms with E-state index in [1.807, 2.05) is 13.0 Å². The van der Waals surface area contributed by atoms with Gasteiger partial charge in [0.2, 0.25) is 0 Å². The highest BCUT2D eigenvalue weighted by molar-refractivity contribution is 5.22. The first-order chi connectivity index (χ1) is 5.04. The Bertz CT molecular complexity index is 245. The van der Waals surface area contributed by atoms with Crippen LogP contribution in [0, 0.1) is 10.1 Å². The fourth-order valence-corrected chi connectivity index (χ4v) is 1.07. The molecule has 0 bridgehead atoms. The summed E-state index contributed by atoms with van der Waals surface area (Å²) in [6, 6.07) is 0. The maximum Gasteiger partial charge on any atom is 0.295 e. The van der Waals surface area contributed by atoms with Gasteiger partial charge in [0.15, 0.2) is 0 Å². The molecular formula is C7H10N2O2. The van der Waals surface area contributed by atoms with Crippen LogP contribution in [0.15, 0.2) is 23.8 Å². The smallest absolute Gasteiger partial charge is 0.262 e. The third-order valence-corrected chi connectivity index (χ3v) is 1.67. The van der Waals surface area contributed by atoms with Gasteiger partial charge in [0.05, 0.1) is 6.42 Å². The van der Waals surface area contributed by atoms with Gasteiger partial charge in [-0.05, 0) is 6.92 Å². The Morgan fingerprint density at radius 3 is 2.82 bits per heavy atom. The van der Waals surface area contributed by atoms with Gasteiger partial charge in [-0.15, -0.1) is 0 Å². The van der Waals surface area contributed by atoms with Crippen molar-refractivity contribution in [3.05, 3.63) is 33.9 Å². The fourth-order valence-electron chi connectivity index (χ4n) is 1.07. The molecule has 1 rings (SSSR count). The van der Waals surface area contributed by atoms with Gasteiger partial charge in [0, 0.05) is 11.0 Å². The number of rotatable bonds is 1. The van der Waals surface area contributed by atoms with E-state index in [4.69, 9.17) is 5.73 Å². The zero-order valence-corrected chi connectivity index (χ0v) is 6.28. The maximum absolute atomic E-state index is 10.4. The van der Waals surface area contributed by atoms with E-state index < -0.39 is 10.6 Å². The molecule has 1 unspecified atom stereocenters. The Morgan fingerprint density at radius 1 is 1.82 bits per heavy atom. The molecule has 4 heteroatoms. The van der Waals surface area contributed by atoms with E-state index in [0.29, 0.717) is 6.42 Å². The van der Waals surface area contributed by atoms with Crippen LogP contribution in [-0.2, 0) is 0 Å². The Morgan fingerprint density at radius 2 is 2.45 bits per heavy atom. The highest BCUT2D eigenvalue weighted by Gasteiger charge is 2.36. The van der Waals surface area contributed by atoms with Gasteiger partial charge >= 0.3 is 0 Å². The first-order valence-corrected chi connectivity index (χ1v) is 3.33. The quantitative estimate of drug-likeness (QED) is 0.345. The molecule has 2 N–H and O–H groups in total. The summed E-state index contributed by atoms with van der Waals surface area (Å²) in [5.74, 6) is 0. The van der Waals surface area contributed by atoms with E-state index in [2.05, 4.69) is 0 Å². The van der Waals surface area contributed by atoms with E-state index in [9.17, 15) is 10.1 Å². The number of nitrogens with zero attached hydrogens (tertiary/aromatic N) is 1. The summed E-state index contributed by atoms with van der Waals surface area (Å²) in [5.41, 5.74) is 5.03. The molecule has 0 amide bonds. The van der Waals surface area contributed by atoms with E-state index in [0.717, 1.165) is 5.57 Å². The van der Waals surface area contributed by atoms with E-state index in [1.54, 1.807) is 6.08 Å². The van der Waals surface area contributed by atoms with Crippen LogP contribution in [0.4, 0.5) is 0 Å². The maximum atomic E-state index is 10.4. The number of hydrogen-bond acceptors (Lipinski definition) is 3. The molecule has 0 aromatic rings. The summed E-state index contributed by atoms with van der Waals surface area (Å²) in [4.78, 5) is 9.97. The van der Waals surface area contributed by atoms with Gasteiger partial charge in [0.1, 0.15) is 0 Å². The average Bonchev–Trinajstić information content (AvgIpc) is 1.86. The Hall–Kier alpha value is -1.16. The molecule has 11 heavy (non-hydrogen) atoms. The first-order valence-electron chi connectivity index (χ1n) is 3.33. The summed E-state index contributed by atoms with van der Waals surface area (Å²) < 4.78 is 0. The lowest BCUT2D eigenvalue weighted by Gasteiger charge is -2.19. The summed E-state index contributed by atoms with van der Waals surface area (Å²) in [6.45, 7) is 1.83. The molecular weight excluding hydrogens is 144 g/mol. The topological polar surface area (TPSA) is 69.2 Å². The van der Waals surface area contributed by atoms with Crippen LogP contribution in [0.25, 0.3) is 0 Å². The normalized spacial score (nSPS) is 29.8. The minimum atomic E-state index is -1.38. The number of nitro groups is 1. The van der Waals surface area contributed by atoms with Crippen LogP contribution < -0.4 is 5.73 Å². The van der Waals surface area contributed by atoms with Crippen molar-refractivity contribution >= 4 is 0 Å². The Labute approximate surface area is 64.5 Å². The number of allylic oxidation sites excluding steroid dienone is 2. The number of nitrogens with two attached hydrogens (primary N) is 1. The van der Waals surface area contributed by atoms with Gasteiger partial charge in [-0.2, -0.15) is 0 Å². The Balaban J connectivity index is 2.86. The van der Waals surface area contributed by atoms with Crippen LogP contribution in [0.3, 0.4) is 0 Å². The lowest BCUT2D eigenvalue weighted by molar-refractivity contribution is -0.553. The van der Waals surface area contributed by atoms with Crippen LogP contribution in [0.5, 0.6) is 0 Å². The molecule has 0 aliphatic heterocycles. The second kappa shape index (κ2) is 2.47. The average molecular weight is 154 g/mol. The van der Waals surface area contributed by atoms with E-state index in [-0.39, 0.29) is 0 Å². The molecule has 0 radical (unpaired) electrons.